The fourth-order valence-electron chi connectivity index (χ4n) is 4.18. The van der Waals surface area contributed by atoms with Gasteiger partial charge in [-0.15, -0.1) is 10.2 Å². The van der Waals surface area contributed by atoms with Crippen LogP contribution in [0.4, 0.5) is 11.5 Å². The predicted octanol–water partition coefficient (Wildman–Crippen LogP) is 5.03. The van der Waals surface area contributed by atoms with E-state index in [4.69, 9.17) is 4.74 Å². The summed E-state index contributed by atoms with van der Waals surface area (Å²) in [4.78, 5) is 15.0. The average molecular weight is 469 g/mol. The first kappa shape index (κ1) is 22.6. The minimum Gasteiger partial charge on any atom is -0.497 e. The number of ether oxygens (including phenoxy) is 1. The summed E-state index contributed by atoms with van der Waals surface area (Å²) in [6.07, 6.45) is 2.38. The molecule has 0 atom stereocenters. The maximum absolute atomic E-state index is 12.7. The number of rotatable bonds is 6. The molecule has 8 nitrogen and oxygen atoms in total. The van der Waals surface area contributed by atoms with Gasteiger partial charge in [-0.3, -0.25) is 9.89 Å². The van der Waals surface area contributed by atoms with Crippen LogP contribution in [0.5, 0.6) is 5.75 Å². The van der Waals surface area contributed by atoms with Gasteiger partial charge in [0.15, 0.2) is 5.82 Å². The average Bonchev–Trinajstić information content (AvgIpc) is 3.41. The van der Waals surface area contributed by atoms with Crippen molar-refractivity contribution in [1.29, 1.82) is 0 Å². The second-order valence-corrected chi connectivity index (χ2v) is 8.88. The van der Waals surface area contributed by atoms with E-state index < -0.39 is 0 Å². The fourth-order valence-corrected chi connectivity index (χ4v) is 4.18. The van der Waals surface area contributed by atoms with E-state index in [0.717, 1.165) is 47.4 Å². The van der Waals surface area contributed by atoms with Crippen LogP contribution >= 0.6 is 0 Å². The molecule has 0 aliphatic carbocycles. The van der Waals surface area contributed by atoms with E-state index in [1.807, 2.05) is 60.7 Å². The van der Waals surface area contributed by atoms with Crippen LogP contribution < -0.4 is 15.0 Å². The van der Waals surface area contributed by atoms with Crippen LogP contribution in [0.3, 0.4) is 0 Å². The van der Waals surface area contributed by atoms with Crippen LogP contribution in [0.2, 0.25) is 0 Å². The molecule has 0 spiro atoms. The summed E-state index contributed by atoms with van der Waals surface area (Å²) in [5.74, 6) is 2.18. The van der Waals surface area contributed by atoms with Gasteiger partial charge in [0, 0.05) is 29.9 Å². The molecule has 2 aromatic heterocycles. The van der Waals surface area contributed by atoms with Gasteiger partial charge in [0.1, 0.15) is 11.4 Å². The maximum Gasteiger partial charge on any atom is 0.273 e. The SMILES string of the molecule is COc1cccc(-c2cc(C(=O)Nc3ccc(-c4ccc(N5CCC(C)CC5)nn4)cc3)[nH]n2)c1. The van der Waals surface area contributed by atoms with E-state index in [2.05, 4.69) is 37.5 Å². The zero-order chi connectivity index (χ0) is 24.2. The normalized spacial score (nSPS) is 14.1. The highest BCUT2D eigenvalue weighted by atomic mass is 16.5. The lowest BCUT2D eigenvalue weighted by Gasteiger charge is -2.30. The van der Waals surface area contributed by atoms with Crippen LogP contribution in [0.1, 0.15) is 30.3 Å². The van der Waals surface area contributed by atoms with Gasteiger partial charge in [0.2, 0.25) is 0 Å². The lowest BCUT2D eigenvalue weighted by Crippen LogP contribution is -2.33. The van der Waals surface area contributed by atoms with Crippen molar-refractivity contribution in [3.8, 4) is 28.3 Å². The van der Waals surface area contributed by atoms with Gasteiger partial charge in [-0.2, -0.15) is 5.10 Å². The van der Waals surface area contributed by atoms with Gasteiger partial charge in [-0.05, 0) is 61.2 Å². The van der Waals surface area contributed by atoms with Crippen LogP contribution in [-0.2, 0) is 0 Å². The van der Waals surface area contributed by atoms with Gasteiger partial charge in [-0.25, -0.2) is 0 Å². The Kier molecular flexibility index (Phi) is 6.43. The lowest BCUT2D eigenvalue weighted by molar-refractivity contribution is 0.102. The number of hydrogen-bond donors (Lipinski definition) is 2. The fraction of sp³-hybridized carbons (Fsp3) is 0.259. The van der Waals surface area contributed by atoms with E-state index >= 15 is 0 Å². The summed E-state index contributed by atoms with van der Waals surface area (Å²) < 4.78 is 5.26. The molecule has 1 aliphatic rings. The van der Waals surface area contributed by atoms with Crippen molar-refractivity contribution >= 4 is 17.4 Å². The third-order valence-electron chi connectivity index (χ3n) is 6.38. The molecule has 0 saturated carbocycles. The molecule has 4 aromatic rings. The molecular formula is C27H28N6O2. The number of hydrogen-bond acceptors (Lipinski definition) is 6. The molecule has 1 amide bonds. The number of nitrogens with zero attached hydrogens (tertiary/aromatic N) is 4. The van der Waals surface area contributed by atoms with Crippen LogP contribution in [0.25, 0.3) is 22.5 Å². The largest absolute Gasteiger partial charge is 0.497 e. The highest BCUT2D eigenvalue weighted by molar-refractivity contribution is 6.03. The van der Waals surface area contributed by atoms with Crippen molar-refractivity contribution in [1.82, 2.24) is 20.4 Å². The van der Waals surface area contributed by atoms with E-state index in [1.54, 1.807) is 13.2 Å². The summed E-state index contributed by atoms with van der Waals surface area (Å²) in [7, 11) is 1.62. The molecule has 0 radical (unpaired) electrons. The number of aromatic nitrogens is 4. The number of methoxy groups -OCH3 is 1. The number of amides is 1. The molecule has 1 aliphatic heterocycles. The molecule has 0 unspecified atom stereocenters. The van der Waals surface area contributed by atoms with Gasteiger partial charge >= 0.3 is 0 Å². The van der Waals surface area contributed by atoms with Crippen LogP contribution in [0.15, 0.2) is 66.7 Å². The molecule has 35 heavy (non-hydrogen) atoms. The van der Waals surface area contributed by atoms with Crippen molar-refractivity contribution in [3.05, 3.63) is 72.4 Å². The predicted molar refractivity (Wildman–Crippen MR) is 137 cm³/mol. The third kappa shape index (κ3) is 5.16. The standard InChI is InChI=1S/C27H28N6O2/c1-18-12-14-33(15-13-18)26-11-10-23(29-32-26)19-6-8-21(9-7-19)28-27(34)25-17-24(30-31-25)20-4-3-5-22(16-20)35-2/h3-11,16-18H,12-15H2,1-2H3,(H,28,34)(H,30,31). The number of H-pyrrole nitrogens is 1. The first-order valence-corrected chi connectivity index (χ1v) is 11.8. The highest BCUT2D eigenvalue weighted by Crippen LogP contribution is 2.25. The second-order valence-electron chi connectivity index (χ2n) is 8.88. The van der Waals surface area contributed by atoms with Gasteiger partial charge < -0.3 is 15.0 Å². The summed E-state index contributed by atoms with van der Waals surface area (Å²) in [6.45, 7) is 4.36. The van der Waals surface area contributed by atoms with Gasteiger partial charge in [0.05, 0.1) is 18.5 Å². The van der Waals surface area contributed by atoms with Crippen molar-refractivity contribution in [2.75, 3.05) is 30.4 Å². The van der Waals surface area contributed by atoms with E-state index in [9.17, 15) is 4.79 Å². The number of carbonyl (C=O) groups excluding carboxylic acids is 1. The lowest BCUT2D eigenvalue weighted by atomic mass is 9.99. The highest BCUT2D eigenvalue weighted by Gasteiger charge is 2.17. The quantitative estimate of drug-likeness (QED) is 0.412. The van der Waals surface area contributed by atoms with Crippen molar-refractivity contribution in [2.24, 2.45) is 5.92 Å². The van der Waals surface area contributed by atoms with Crippen LogP contribution in [0, 0.1) is 5.92 Å². The minimum absolute atomic E-state index is 0.264. The van der Waals surface area contributed by atoms with E-state index in [0.29, 0.717) is 17.1 Å². The molecule has 8 heteroatoms. The summed E-state index contributed by atoms with van der Waals surface area (Å²) in [5.41, 5.74) is 4.34. The van der Waals surface area contributed by atoms with Crippen molar-refractivity contribution < 1.29 is 9.53 Å². The maximum atomic E-state index is 12.7. The number of carbonyl (C=O) groups is 1. The Balaban J connectivity index is 1.22. The summed E-state index contributed by atoms with van der Waals surface area (Å²) >= 11 is 0. The molecule has 1 fully saturated rings. The molecule has 2 N–H and O–H groups in total. The number of anilines is 2. The summed E-state index contributed by atoms with van der Waals surface area (Å²) in [5, 5.41) is 18.8. The first-order chi connectivity index (χ1) is 17.1. The number of nitrogens with one attached hydrogen (secondary N) is 2. The van der Waals surface area contributed by atoms with Crippen molar-refractivity contribution in [2.45, 2.75) is 19.8 Å². The Bertz CT molecular complexity index is 1290. The van der Waals surface area contributed by atoms with Crippen molar-refractivity contribution in [3.63, 3.8) is 0 Å². The molecule has 2 aromatic carbocycles. The molecule has 3 heterocycles. The molecule has 178 valence electrons. The Hall–Kier alpha value is -4.20. The summed E-state index contributed by atoms with van der Waals surface area (Å²) in [6, 6.07) is 20.9. The zero-order valence-electron chi connectivity index (χ0n) is 19.9. The van der Waals surface area contributed by atoms with E-state index in [1.165, 1.54) is 12.8 Å². The Labute approximate surface area is 204 Å². The molecular weight excluding hydrogens is 440 g/mol. The van der Waals surface area contributed by atoms with Gasteiger partial charge in [0.25, 0.3) is 5.91 Å². The second kappa shape index (κ2) is 9.97. The third-order valence-corrected chi connectivity index (χ3v) is 6.38. The Morgan fingerprint density at radius 3 is 2.49 bits per heavy atom. The molecule has 0 bridgehead atoms. The van der Waals surface area contributed by atoms with E-state index in [-0.39, 0.29) is 5.91 Å². The first-order valence-electron chi connectivity index (χ1n) is 11.8. The Morgan fingerprint density at radius 1 is 0.971 bits per heavy atom. The Morgan fingerprint density at radius 2 is 1.77 bits per heavy atom. The number of benzene rings is 2. The van der Waals surface area contributed by atoms with Gasteiger partial charge in [-0.1, -0.05) is 31.2 Å². The monoisotopic (exact) mass is 468 g/mol. The minimum atomic E-state index is -0.264. The molecule has 1 saturated heterocycles. The number of piperidine rings is 1. The van der Waals surface area contributed by atoms with Crippen LogP contribution in [-0.4, -0.2) is 46.5 Å². The zero-order valence-corrected chi connectivity index (χ0v) is 19.9. The smallest absolute Gasteiger partial charge is 0.273 e. The number of aromatic amines is 1. The molecule has 5 rings (SSSR count). The topological polar surface area (TPSA) is 96.0 Å².